The monoisotopic (exact) mass is 231 g/mol. The summed E-state index contributed by atoms with van der Waals surface area (Å²) in [5.74, 6) is 0. The molecule has 0 aromatic carbocycles. The Hall–Kier alpha value is 1.11. The van der Waals surface area contributed by atoms with Crippen LogP contribution in [0.3, 0.4) is 0 Å². The van der Waals surface area contributed by atoms with Crippen LogP contribution in [0.25, 0.3) is 0 Å². The fourth-order valence-electron chi connectivity index (χ4n) is 1.06. The molecule has 0 aromatic heterocycles. The third kappa shape index (κ3) is 15.6. The molecule has 0 spiro atoms. The van der Waals surface area contributed by atoms with Crippen molar-refractivity contribution in [2.45, 2.75) is 45.4 Å². The molecule has 0 aliphatic heterocycles. The van der Waals surface area contributed by atoms with E-state index in [9.17, 15) is 14.4 Å². The summed E-state index contributed by atoms with van der Waals surface area (Å²) in [7, 11) is -4.73. The van der Waals surface area contributed by atoms with E-state index in [4.69, 9.17) is 0 Å². The average molecular weight is 231 g/mol. The van der Waals surface area contributed by atoms with Crippen molar-refractivity contribution in [1.29, 1.82) is 0 Å². The van der Waals surface area contributed by atoms with Gasteiger partial charge >= 0.3 is 29.6 Å². The average Bonchev–Trinajstić information content (AvgIpc) is 2.01. The van der Waals surface area contributed by atoms with Gasteiger partial charge in [0.25, 0.3) is 0 Å². The molecule has 0 heterocycles. The molecule has 0 aliphatic rings. The zero-order chi connectivity index (χ0) is 10.2. The molecular formula is C8H17NaO4P-. The molecular weight excluding hydrogens is 214 g/mol. The van der Waals surface area contributed by atoms with Crippen LogP contribution in [0, 0.1) is 0 Å². The molecule has 4 nitrogen and oxygen atoms in total. The van der Waals surface area contributed by atoms with E-state index in [1.165, 1.54) is 19.3 Å². The van der Waals surface area contributed by atoms with Crippen molar-refractivity contribution in [2.24, 2.45) is 0 Å². The van der Waals surface area contributed by atoms with Gasteiger partial charge in [-0.1, -0.05) is 39.0 Å². The van der Waals surface area contributed by atoms with E-state index in [2.05, 4.69) is 11.4 Å². The van der Waals surface area contributed by atoms with Crippen LogP contribution < -0.4 is 39.3 Å². The third-order valence-electron chi connectivity index (χ3n) is 1.75. The zero-order valence-electron chi connectivity index (χ0n) is 9.03. The number of unbranched alkanes of at least 4 members (excludes halogenated alkanes) is 5. The molecule has 0 unspecified atom stereocenters. The molecule has 0 saturated heterocycles. The molecule has 6 heteroatoms. The predicted molar refractivity (Wildman–Crippen MR) is 46.9 cm³/mol. The van der Waals surface area contributed by atoms with Crippen molar-refractivity contribution in [3.63, 3.8) is 0 Å². The summed E-state index contributed by atoms with van der Waals surface area (Å²) in [6.45, 7) is 2.17. The Bertz CT molecular complexity index is 159. The molecule has 0 aliphatic carbocycles. The van der Waals surface area contributed by atoms with Crippen molar-refractivity contribution in [1.82, 2.24) is 0 Å². The summed E-state index contributed by atoms with van der Waals surface area (Å²) in [5.41, 5.74) is 0. The van der Waals surface area contributed by atoms with E-state index < -0.39 is 7.82 Å². The van der Waals surface area contributed by atoms with Crippen LogP contribution in [0.5, 0.6) is 0 Å². The first kappa shape index (κ1) is 17.5. The Morgan fingerprint density at radius 3 is 2.07 bits per heavy atom. The Labute approximate surface area is 108 Å². The maximum absolute atomic E-state index is 10.0. The van der Waals surface area contributed by atoms with Crippen molar-refractivity contribution in [2.75, 3.05) is 6.61 Å². The Morgan fingerprint density at radius 1 is 1.07 bits per heavy atom. The molecule has 0 radical (unpaired) electrons. The second-order valence-electron chi connectivity index (χ2n) is 3.05. The number of phosphoric acid groups is 1. The van der Waals surface area contributed by atoms with Crippen LogP contribution in [-0.2, 0) is 9.09 Å². The molecule has 0 rings (SSSR count). The summed E-state index contributed by atoms with van der Waals surface area (Å²) < 4.78 is 14.1. The van der Waals surface area contributed by atoms with Crippen LogP contribution in [0.2, 0.25) is 0 Å². The van der Waals surface area contributed by atoms with Crippen LogP contribution in [0.4, 0.5) is 0 Å². The fraction of sp³-hybridized carbons (Fsp3) is 1.00. The van der Waals surface area contributed by atoms with Gasteiger partial charge in [-0.2, -0.15) is 0 Å². The Balaban J connectivity index is 0. The van der Waals surface area contributed by atoms with Crippen LogP contribution in [0.15, 0.2) is 0 Å². The number of hydrogen-bond donors (Lipinski definition) is 0. The van der Waals surface area contributed by atoms with Crippen molar-refractivity contribution >= 4 is 7.82 Å². The van der Waals surface area contributed by atoms with Gasteiger partial charge in [-0.3, -0.25) is 0 Å². The quantitative estimate of drug-likeness (QED) is 0.280. The van der Waals surface area contributed by atoms with Crippen molar-refractivity contribution < 1.29 is 48.4 Å². The molecule has 0 aromatic rings. The Kier molecular flexibility index (Phi) is 13.3. The molecule has 0 saturated carbocycles. The summed E-state index contributed by atoms with van der Waals surface area (Å²) in [6, 6.07) is 0. The topological polar surface area (TPSA) is 72.4 Å². The van der Waals surface area contributed by atoms with Crippen molar-refractivity contribution in [3.05, 3.63) is 0 Å². The van der Waals surface area contributed by atoms with E-state index in [1.54, 1.807) is 0 Å². The minimum absolute atomic E-state index is 0. The standard InChI is InChI=1S/C8H19O4P.Na/c1-2-3-4-5-6-7-8-12-13(9,10)11;/h2-8H2,1H3,(H2,9,10,11);/q;+1/p-2. The van der Waals surface area contributed by atoms with Gasteiger partial charge < -0.3 is 18.9 Å². The van der Waals surface area contributed by atoms with E-state index in [-0.39, 0.29) is 36.2 Å². The van der Waals surface area contributed by atoms with Gasteiger partial charge in [0.1, 0.15) is 0 Å². The number of rotatable bonds is 8. The number of hydrogen-bond acceptors (Lipinski definition) is 4. The van der Waals surface area contributed by atoms with Crippen LogP contribution >= 0.6 is 7.82 Å². The van der Waals surface area contributed by atoms with E-state index >= 15 is 0 Å². The first-order chi connectivity index (χ1) is 6.06. The molecule has 14 heavy (non-hydrogen) atoms. The molecule has 0 amide bonds. The first-order valence-corrected chi connectivity index (χ1v) is 6.19. The van der Waals surface area contributed by atoms with Gasteiger partial charge in [0.15, 0.2) is 0 Å². The minimum Gasteiger partial charge on any atom is -0.790 e. The van der Waals surface area contributed by atoms with Gasteiger partial charge in [-0.05, 0) is 6.42 Å². The Morgan fingerprint density at radius 2 is 1.57 bits per heavy atom. The smallest absolute Gasteiger partial charge is 0.790 e. The molecule has 0 atom stereocenters. The maximum Gasteiger partial charge on any atom is 1.00 e. The molecule has 0 N–H and O–H groups in total. The molecule has 0 fully saturated rings. The largest absolute Gasteiger partial charge is 1.00 e. The summed E-state index contributed by atoms with van der Waals surface area (Å²) >= 11 is 0. The third-order valence-corrected chi connectivity index (χ3v) is 2.25. The summed E-state index contributed by atoms with van der Waals surface area (Å²) in [4.78, 5) is 20.0. The van der Waals surface area contributed by atoms with Crippen molar-refractivity contribution in [3.8, 4) is 0 Å². The SMILES string of the molecule is CCCCCCCCOP(=O)([O-])[O-].[Na+]. The second kappa shape index (κ2) is 10.6. The second-order valence-corrected chi connectivity index (χ2v) is 4.20. The molecule has 80 valence electrons. The fourth-order valence-corrected chi connectivity index (χ4v) is 1.41. The van der Waals surface area contributed by atoms with Crippen LogP contribution in [0.1, 0.15) is 45.4 Å². The van der Waals surface area contributed by atoms with Crippen LogP contribution in [-0.4, -0.2) is 6.61 Å². The zero-order valence-corrected chi connectivity index (χ0v) is 11.9. The van der Waals surface area contributed by atoms with Gasteiger partial charge in [-0.15, -0.1) is 0 Å². The van der Waals surface area contributed by atoms with Gasteiger partial charge in [0.2, 0.25) is 0 Å². The summed E-state index contributed by atoms with van der Waals surface area (Å²) in [6.07, 6.45) is 6.23. The minimum atomic E-state index is -4.73. The number of phosphoric ester groups is 1. The predicted octanol–water partition coefficient (Wildman–Crippen LogP) is -1.80. The maximum atomic E-state index is 10.0. The first-order valence-electron chi connectivity index (χ1n) is 4.73. The van der Waals surface area contributed by atoms with Gasteiger partial charge in [-0.25, -0.2) is 0 Å². The van der Waals surface area contributed by atoms with E-state index in [1.807, 2.05) is 0 Å². The van der Waals surface area contributed by atoms with E-state index in [0.29, 0.717) is 6.42 Å². The van der Waals surface area contributed by atoms with Gasteiger partial charge in [0.05, 0.1) is 14.4 Å². The summed E-state index contributed by atoms with van der Waals surface area (Å²) in [5, 5.41) is 0. The van der Waals surface area contributed by atoms with E-state index in [0.717, 1.165) is 12.8 Å². The van der Waals surface area contributed by atoms with Gasteiger partial charge in [0, 0.05) is 0 Å². The normalized spacial score (nSPS) is 11.1. The molecule has 0 bridgehead atoms.